The maximum absolute atomic E-state index is 5.79. The van der Waals surface area contributed by atoms with Crippen LogP contribution in [-0.2, 0) is 7.05 Å². The van der Waals surface area contributed by atoms with Crippen LogP contribution < -0.4 is 20.8 Å². The second-order valence-corrected chi connectivity index (χ2v) is 7.02. The van der Waals surface area contributed by atoms with Crippen LogP contribution in [0.5, 0.6) is 5.75 Å². The van der Waals surface area contributed by atoms with Gasteiger partial charge in [-0.15, -0.1) is 10.2 Å². The predicted octanol–water partition coefficient (Wildman–Crippen LogP) is 1.74. The average molecular weight is 408 g/mol. The fourth-order valence-electron chi connectivity index (χ4n) is 3.28. The number of aryl methyl sites for hydroxylation is 3. The summed E-state index contributed by atoms with van der Waals surface area (Å²) in [4.78, 5) is 10.2. The van der Waals surface area contributed by atoms with Crippen LogP contribution in [0.3, 0.4) is 0 Å². The Bertz CT molecular complexity index is 1090. The molecule has 0 saturated carbocycles. The third-order valence-electron chi connectivity index (χ3n) is 4.49. The molecule has 0 saturated heterocycles. The first-order valence-electron chi connectivity index (χ1n) is 9.41. The number of rotatable bonds is 6. The van der Waals surface area contributed by atoms with Crippen LogP contribution >= 0.6 is 0 Å². The Morgan fingerprint density at radius 2 is 1.97 bits per heavy atom. The van der Waals surface area contributed by atoms with E-state index in [2.05, 4.69) is 41.4 Å². The molecule has 1 aromatic carbocycles. The van der Waals surface area contributed by atoms with Crippen molar-refractivity contribution in [1.29, 1.82) is 0 Å². The van der Waals surface area contributed by atoms with E-state index < -0.39 is 0 Å². The number of nitrogens with zero attached hydrogens (tertiary/aromatic N) is 7. The van der Waals surface area contributed by atoms with Crippen LogP contribution in [0.25, 0.3) is 11.4 Å². The zero-order valence-corrected chi connectivity index (χ0v) is 17.6. The molecule has 30 heavy (non-hydrogen) atoms. The maximum Gasteiger partial charge on any atom is 0.208 e. The summed E-state index contributed by atoms with van der Waals surface area (Å²) >= 11 is 0. The number of hydrogen-bond acceptors (Lipinski definition) is 10. The highest BCUT2D eigenvalue weighted by Crippen LogP contribution is 2.42. The summed E-state index contributed by atoms with van der Waals surface area (Å²) in [5.74, 6) is 2.48. The number of hydrogen-bond donors (Lipinski definition) is 3. The molecule has 3 aromatic rings. The van der Waals surface area contributed by atoms with Crippen LogP contribution in [-0.4, -0.2) is 55.9 Å². The number of nitrogens with one attached hydrogen (secondary N) is 3. The fraction of sp³-hybridized carbons (Fsp3) is 0.316. The summed E-state index contributed by atoms with van der Waals surface area (Å²) in [5, 5.41) is 21.2. The number of methoxy groups -OCH3 is 1. The highest BCUT2D eigenvalue weighted by molar-refractivity contribution is 5.87. The number of hydrazine groups is 1. The predicted molar refractivity (Wildman–Crippen MR) is 113 cm³/mol. The molecule has 0 atom stereocenters. The summed E-state index contributed by atoms with van der Waals surface area (Å²) < 4.78 is 5.79. The SMILES string of the molecule is COc1c(-c2nnn(C)n2)ccc(Nc2cc(C)nc(C)n2)c1NC1=CNN(C)C1. The standard InChI is InChI=1S/C19H24N10O/c1-11-8-16(22-12(2)21-11)24-15-7-6-14(19-25-27-29(4)26-19)18(30-5)17(15)23-13-9-20-28(3)10-13/h6-9,20,23H,10H2,1-5H3,(H,21,22,24). The molecule has 3 N–H and O–H groups in total. The first-order chi connectivity index (χ1) is 14.4. The van der Waals surface area contributed by atoms with Gasteiger partial charge in [0.2, 0.25) is 5.82 Å². The smallest absolute Gasteiger partial charge is 0.208 e. The minimum absolute atomic E-state index is 0.480. The van der Waals surface area contributed by atoms with Gasteiger partial charge in [0.1, 0.15) is 17.3 Å². The lowest BCUT2D eigenvalue weighted by atomic mass is 10.1. The van der Waals surface area contributed by atoms with Gasteiger partial charge in [-0.2, -0.15) is 4.80 Å². The molecule has 4 rings (SSSR count). The van der Waals surface area contributed by atoms with Gasteiger partial charge in [-0.25, -0.2) is 15.0 Å². The van der Waals surface area contributed by atoms with Gasteiger partial charge < -0.3 is 20.8 Å². The van der Waals surface area contributed by atoms with Gasteiger partial charge in [0.25, 0.3) is 0 Å². The molecule has 11 heteroatoms. The van der Waals surface area contributed by atoms with Crippen LogP contribution in [0.2, 0.25) is 0 Å². The summed E-state index contributed by atoms with van der Waals surface area (Å²) in [6.07, 6.45) is 1.91. The molecule has 0 fully saturated rings. The van der Waals surface area contributed by atoms with Crippen molar-refractivity contribution in [2.45, 2.75) is 13.8 Å². The molecular weight excluding hydrogens is 384 g/mol. The molecule has 0 aliphatic carbocycles. The summed E-state index contributed by atoms with van der Waals surface area (Å²) in [7, 11) is 5.31. The molecular formula is C19H24N10O. The monoisotopic (exact) mass is 408 g/mol. The van der Waals surface area contributed by atoms with Crippen molar-refractivity contribution in [3.8, 4) is 17.1 Å². The lowest BCUT2D eigenvalue weighted by Crippen LogP contribution is -2.25. The Kier molecular flexibility index (Phi) is 5.19. The first-order valence-corrected chi connectivity index (χ1v) is 9.41. The highest BCUT2D eigenvalue weighted by Gasteiger charge is 2.21. The first kappa shape index (κ1) is 19.6. The molecule has 2 aromatic heterocycles. The largest absolute Gasteiger partial charge is 0.494 e. The number of likely N-dealkylation sites (N-methyl/N-ethyl adjacent to an activating group) is 1. The number of benzene rings is 1. The van der Waals surface area contributed by atoms with E-state index in [0.29, 0.717) is 29.8 Å². The molecule has 0 amide bonds. The molecule has 156 valence electrons. The van der Waals surface area contributed by atoms with Crippen molar-refractivity contribution < 1.29 is 4.74 Å². The van der Waals surface area contributed by atoms with Crippen LogP contribution in [0.1, 0.15) is 11.5 Å². The van der Waals surface area contributed by atoms with E-state index in [9.17, 15) is 0 Å². The number of tetrazole rings is 1. The fourth-order valence-corrected chi connectivity index (χ4v) is 3.28. The lowest BCUT2D eigenvalue weighted by Gasteiger charge is -2.19. The summed E-state index contributed by atoms with van der Waals surface area (Å²) in [5.41, 5.74) is 7.30. The molecule has 0 radical (unpaired) electrons. The van der Waals surface area contributed by atoms with Gasteiger partial charge in [-0.05, 0) is 31.2 Å². The maximum atomic E-state index is 5.79. The van der Waals surface area contributed by atoms with E-state index in [0.717, 1.165) is 28.3 Å². The summed E-state index contributed by atoms with van der Waals surface area (Å²) in [6, 6.07) is 5.74. The second-order valence-electron chi connectivity index (χ2n) is 7.02. The van der Waals surface area contributed by atoms with Crippen molar-refractivity contribution in [1.82, 2.24) is 40.6 Å². The van der Waals surface area contributed by atoms with Gasteiger partial charge >= 0.3 is 0 Å². The minimum Gasteiger partial charge on any atom is -0.494 e. The van der Waals surface area contributed by atoms with Gasteiger partial charge in [-0.3, -0.25) is 0 Å². The third-order valence-corrected chi connectivity index (χ3v) is 4.49. The normalized spacial score (nSPS) is 13.7. The Labute approximate surface area is 174 Å². The molecule has 1 aliphatic rings. The molecule has 3 heterocycles. The van der Waals surface area contributed by atoms with Gasteiger partial charge in [0.05, 0.1) is 32.0 Å². The van der Waals surface area contributed by atoms with Crippen molar-refractivity contribution in [3.63, 3.8) is 0 Å². The van der Waals surface area contributed by atoms with Crippen LogP contribution in [0.15, 0.2) is 30.1 Å². The number of aromatic nitrogens is 6. The van der Waals surface area contributed by atoms with E-state index in [4.69, 9.17) is 4.74 Å². The summed E-state index contributed by atoms with van der Waals surface area (Å²) in [6.45, 7) is 4.51. The third kappa shape index (κ3) is 4.01. The van der Waals surface area contributed by atoms with Crippen LogP contribution in [0.4, 0.5) is 17.2 Å². The lowest BCUT2D eigenvalue weighted by molar-refractivity contribution is 0.329. The molecule has 0 bridgehead atoms. The Balaban J connectivity index is 1.79. The Hall–Kier alpha value is -3.73. The van der Waals surface area contributed by atoms with Crippen molar-refractivity contribution in [3.05, 3.63) is 41.6 Å². The zero-order chi connectivity index (χ0) is 21.3. The molecule has 0 spiro atoms. The second kappa shape index (κ2) is 7.95. The topological polar surface area (TPSA) is 118 Å². The quantitative estimate of drug-likeness (QED) is 0.556. The number of ether oxygens (including phenoxy) is 1. The van der Waals surface area contributed by atoms with Crippen LogP contribution in [0, 0.1) is 13.8 Å². The van der Waals surface area contributed by atoms with Crippen molar-refractivity contribution in [2.24, 2.45) is 7.05 Å². The van der Waals surface area contributed by atoms with E-state index in [1.54, 1.807) is 14.2 Å². The molecule has 11 nitrogen and oxygen atoms in total. The van der Waals surface area contributed by atoms with Gasteiger partial charge in [0.15, 0.2) is 5.75 Å². The average Bonchev–Trinajstić information content (AvgIpc) is 3.30. The molecule has 1 aliphatic heterocycles. The Morgan fingerprint density at radius 1 is 1.13 bits per heavy atom. The Morgan fingerprint density at radius 3 is 2.60 bits per heavy atom. The van der Waals surface area contributed by atoms with E-state index in [-0.39, 0.29) is 0 Å². The van der Waals surface area contributed by atoms with E-state index >= 15 is 0 Å². The van der Waals surface area contributed by atoms with E-state index in [1.807, 2.05) is 50.3 Å². The zero-order valence-electron chi connectivity index (χ0n) is 17.6. The van der Waals surface area contributed by atoms with Crippen molar-refractivity contribution >= 4 is 17.2 Å². The highest BCUT2D eigenvalue weighted by atomic mass is 16.5. The van der Waals surface area contributed by atoms with Crippen molar-refractivity contribution in [2.75, 3.05) is 31.3 Å². The van der Waals surface area contributed by atoms with E-state index in [1.165, 1.54) is 4.80 Å². The molecule has 0 unspecified atom stereocenters. The van der Waals surface area contributed by atoms with Gasteiger partial charge in [0, 0.05) is 30.7 Å². The van der Waals surface area contributed by atoms with Gasteiger partial charge in [-0.1, -0.05) is 0 Å². The number of anilines is 3. The minimum atomic E-state index is 0.480.